The molecule has 2 aromatic rings. The minimum atomic E-state index is 0.0283. The van der Waals surface area contributed by atoms with Crippen molar-refractivity contribution in [1.29, 1.82) is 0 Å². The molecule has 120 valence electrons. The van der Waals surface area contributed by atoms with Gasteiger partial charge in [0.2, 0.25) is 5.91 Å². The Morgan fingerprint density at radius 3 is 2.17 bits per heavy atom. The van der Waals surface area contributed by atoms with E-state index in [0.29, 0.717) is 31.7 Å². The molecule has 0 bridgehead atoms. The van der Waals surface area contributed by atoms with Gasteiger partial charge in [-0.3, -0.25) is 9.59 Å². The van der Waals surface area contributed by atoms with Crippen molar-refractivity contribution in [3.63, 3.8) is 0 Å². The van der Waals surface area contributed by atoms with Crippen LogP contribution in [0.1, 0.15) is 22.8 Å². The zero-order valence-corrected chi connectivity index (χ0v) is 13.5. The summed E-state index contributed by atoms with van der Waals surface area (Å²) in [5, 5.41) is 0. The maximum absolute atomic E-state index is 13.0. The van der Waals surface area contributed by atoms with Crippen LogP contribution in [0.4, 0.5) is 0 Å². The molecule has 1 aliphatic rings. The molecule has 23 heavy (non-hydrogen) atoms. The van der Waals surface area contributed by atoms with E-state index < -0.39 is 0 Å². The Kier molecular flexibility index (Phi) is 4.19. The van der Waals surface area contributed by atoms with Crippen molar-refractivity contribution in [1.82, 2.24) is 14.4 Å². The van der Waals surface area contributed by atoms with E-state index in [2.05, 4.69) is 0 Å². The molecule has 1 aliphatic heterocycles. The molecule has 3 rings (SSSR count). The number of aryl methyl sites for hydroxylation is 1. The van der Waals surface area contributed by atoms with E-state index in [1.165, 1.54) is 0 Å². The third kappa shape index (κ3) is 3.13. The molecule has 0 unspecified atom stereocenters. The zero-order valence-electron chi connectivity index (χ0n) is 13.5. The molecular formula is C18H21N3O2. The molecule has 0 aliphatic carbocycles. The normalized spacial score (nSPS) is 14.9. The van der Waals surface area contributed by atoms with E-state index in [1.54, 1.807) is 11.8 Å². The summed E-state index contributed by atoms with van der Waals surface area (Å²) in [6, 6.07) is 9.82. The van der Waals surface area contributed by atoms with Crippen LogP contribution in [0, 0.1) is 6.92 Å². The molecule has 0 saturated carbocycles. The lowest BCUT2D eigenvalue weighted by atomic mass is 10.1. The van der Waals surface area contributed by atoms with E-state index in [4.69, 9.17) is 0 Å². The van der Waals surface area contributed by atoms with E-state index >= 15 is 0 Å². The maximum atomic E-state index is 13.0. The van der Waals surface area contributed by atoms with Gasteiger partial charge in [-0.1, -0.05) is 11.6 Å². The van der Waals surface area contributed by atoms with Crippen molar-refractivity contribution < 1.29 is 9.59 Å². The first kappa shape index (κ1) is 15.3. The second-order valence-electron chi connectivity index (χ2n) is 5.91. The fraction of sp³-hybridized carbons (Fsp3) is 0.333. The highest BCUT2D eigenvalue weighted by atomic mass is 16.2. The lowest BCUT2D eigenvalue weighted by Crippen LogP contribution is -2.50. The fourth-order valence-electron chi connectivity index (χ4n) is 2.94. The van der Waals surface area contributed by atoms with Gasteiger partial charge in [-0.25, -0.2) is 0 Å². The van der Waals surface area contributed by atoms with Crippen molar-refractivity contribution in [2.45, 2.75) is 13.8 Å². The number of carbonyl (C=O) groups is 2. The Hall–Kier alpha value is -2.56. The van der Waals surface area contributed by atoms with Gasteiger partial charge in [0.05, 0.1) is 11.3 Å². The maximum Gasteiger partial charge on any atom is 0.256 e. The van der Waals surface area contributed by atoms with Crippen molar-refractivity contribution in [2.75, 3.05) is 26.2 Å². The summed E-state index contributed by atoms with van der Waals surface area (Å²) in [5.74, 6) is 0.0984. The molecule has 2 amide bonds. The van der Waals surface area contributed by atoms with Gasteiger partial charge < -0.3 is 14.4 Å². The van der Waals surface area contributed by atoms with Crippen molar-refractivity contribution in [3.8, 4) is 5.69 Å². The largest absolute Gasteiger partial charge is 0.339 e. The summed E-state index contributed by atoms with van der Waals surface area (Å²) in [7, 11) is 0. The Labute approximate surface area is 136 Å². The number of piperazine rings is 1. The average molecular weight is 311 g/mol. The Bertz CT molecular complexity index is 714. The van der Waals surface area contributed by atoms with E-state index in [-0.39, 0.29) is 11.8 Å². The summed E-state index contributed by atoms with van der Waals surface area (Å²) in [6.45, 7) is 5.93. The first-order chi connectivity index (χ1) is 11.1. The number of hydrogen-bond donors (Lipinski definition) is 0. The second kappa shape index (κ2) is 6.28. The van der Waals surface area contributed by atoms with Crippen molar-refractivity contribution in [3.05, 3.63) is 53.9 Å². The monoisotopic (exact) mass is 311 g/mol. The van der Waals surface area contributed by atoms with E-state index in [9.17, 15) is 9.59 Å². The number of benzene rings is 1. The van der Waals surface area contributed by atoms with Gasteiger partial charge in [0.1, 0.15) is 0 Å². The van der Waals surface area contributed by atoms with Crippen molar-refractivity contribution in [2.24, 2.45) is 0 Å². The minimum absolute atomic E-state index is 0.0283. The number of nitrogens with zero attached hydrogens (tertiary/aromatic N) is 3. The number of aromatic nitrogens is 1. The fourth-order valence-corrected chi connectivity index (χ4v) is 2.94. The second-order valence-corrected chi connectivity index (χ2v) is 5.91. The highest BCUT2D eigenvalue weighted by molar-refractivity contribution is 5.98. The van der Waals surface area contributed by atoms with Gasteiger partial charge in [0, 0.05) is 45.5 Å². The molecule has 0 spiro atoms. The lowest BCUT2D eigenvalue weighted by Gasteiger charge is -2.34. The summed E-state index contributed by atoms with van der Waals surface area (Å²) in [4.78, 5) is 28.0. The molecule has 1 fully saturated rings. The predicted octanol–water partition coefficient (Wildman–Crippen LogP) is 2.09. The summed E-state index contributed by atoms with van der Waals surface area (Å²) in [5.41, 5.74) is 2.66. The standard InChI is InChI=1S/C18H21N3O2/c1-14-5-6-17(20-7-3-4-8-20)16(13-14)18(23)21-11-9-19(10-12-21)15(2)22/h3-8,13H,9-12H2,1-2H3. The van der Waals surface area contributed by atoms with Crippen LogP contribution in [-0.4, -0.2) is 52.4 Å². The smallest absolute Gasteiger partial charge is 0.256 e. The summed E-state index contributed by atoms with van der Waals surface area (Å²) < 4.78 is 1.96. The van der Waals surface area contributed by atoms with Gasteiger partial charge in [-0.2, -0.15) is 0 Å². The van der Waals surface area contributed by atoms with Gasteiger partial charge in [-0.05, 0) is 31.2 Å². The van der Waals surface area contributed by atoms with Gasteiger partial charge in [0.25, 0.3) is 5.91 Å². The molecular weight excluding hydrogens is 290 g/mol. The van der Waals surface area contributed by atoms with Gasteiger partial charge in [0.15, 0.2) is 0 Å². The van der Waals surface area contributed by atoms with E-state index in [0.717, 1.165) is 11.3 Å². The molecule has 1 saturated heterocycles. The molecule has 0 radical (unpaired) electrons. The Morgan fingerprint density at radius 1 is 0.957 bits per heavy atom. The van der Waals surface area contributed by atoms with Crippen LogP contribution in [0.5, 0.6) is 0 Å². The summed E-state index contributed by atoms with van der Waals surface area (Å²) in [6.07, 6.45) is 3.88. The van der Waals surface area contributed by atoms with Crippen LogP contribution in [0.3, 0.4) is 0 Å². The molecule has 5 nitrogen and oxygen atoms in total. The first-order valence-corrected chi connectivity index (χ1v) is 7.85. The topological polar surface area (TPSA) is 45.6 Å². The SMILES string of the molecule is CC(=O)N1CCN(C(=O)c2cc(C)ccc2-n2cccc2)CC1. The lowest BCUT2D eigenvalue weighted by molar-refractivity contribution is -0.130. The van der Waals surface area contributed by atoms with Crippen LogP contribution in [0.25, 0.3) is 5.69 Å². The number of rotatable bonds is 2. The molecule has 1 aromatic carbocycles. The highest BCUT2D eigenvalue weighted by Gasteiger charge is 2.25. The van der Waals surface area contributed by atoms with E-state index in [1.807, 2.05) is 59.1 Å². The predicted molar refractivity (Wildman–Crippen MR) is 88.7 cm³/mol. The van der Waals surface area contributed by atoms with Crippen LogP contribution in [-0.2, 0) is 4.79 Å². The van der Waals surface area contributed by atoms with Crippen LogP contribution < -0.4 is 0 Å². The van der Waals surface area contributed by atoms with Crippen molar-refractivity contribution >= 4 is 11.8 Å². The third-order valence-electron chi connectivity index (χ3n) is 4.28. The molecule has 5 heteroatoms. The quantitative estimate of drug-likeness (QED) is 0.852. The number of hydrogen-bond acceptors (Lipinski definition) is 2. The number of amides is 2. The first-order valence-electron chi connectivity index (χ1n) is 7.85. The zero-order chi connectivity index (χ0) is 16.4. The molecule has 0 atom stereocenters. The highest BCUT2D eigenvalue weighted by Crippen LogP contribution is 2.20. The molecule has 2 heterocycles. The third-order valence-corrected chi connectivity index (χ3v) is 4.28. The van der Waals surface area contributed by atoms with Gasteiger partial charge >= 0.3 is 0 Å². The van der Waals surface area contributed by atoms with Crippen LogP contribution >= 0.6 is 0 Å². The van der Waals surface area contributed by atoms with Gasteiger partial charge in [-0.15, -0.1) is 0 Å². The minimum Gasteiger partial charge on any atom is -0.339 e. The Balaban J connectivity index is 1.85. The molecule has 1 aromatic heterocycles. The Morgan fingerprint density at radius 2 is 1.57 bits per heavy atom. The summed E-state index contributed by atoms with van der Waals surface area (Å²) >= 11 is 0. The van der Waals surface area contributed by atoms with Crippen LogP contribution in [0.15, 0.2) is 42.7 Å². The number of carbonyl (C=O) groups excluding carboxylic acids is 2. The van der Waals surface area contributed by atoms with Crippen LogP contribution in [0.2, 0.25) is 0 Å². The molecule has 0 N–H and O–H groups in total. The average Bonchev–Trinajstić information content (AvgIpc) is 3.08.